The second kappa shape index (κ2) is 4.37. The Morgan fingerprint density at radius 3 is 3.06 bits per heavy atom. The molecule has 2 heterocycles. The maximum Gasteiger partial charge on any atom is 0.124 e. The van der Waals surface area contributed by atoms with Crippen molar-refractivity contribution in [3.05, 3.63) is 28.5 Å². The van der Waals surface area contributed by atoms with E-state index >= 15 is 0 Å². The number of nitrogens with zero attached hydrogens (tertiary/aromatic N) is 1. The Kier molecular flexibility index (Phi) is 2.84. The summed E-state index contributed by atoms with van der Waals surface area (Å²) in [5.41, 5.74) is 2.89. The quantitative estimate of drug-likeness (QED) is 0.818. The van der Waals surface area contributed by atoms with E-state index in [9.17, 15) is 4.79 Å². The van der Waals surface area contributed by atoms with Crippen LogP contribution in [0.3, 0.4) is 0 Å². The second-order valence-electron chi connectivity index (χ2n) is 4.83. The third-order valence-electron chi connectivity index (χ3n) is 3.47. The number of aryl methyl sites for hydroxylation is 1. The Labute approximate surface area is 110 Å². The van der Waals surface area contributed by atoms with Crippen molar-refractivity contribution >= 4 is 28.9 Å². The third-order valence-corrected chi connectivity index (χ3v) is 3.88. The highest BCUT2D eigenvalue weighted by Gasteiger charge is 2.27. The van der Waals surface area contributed by atoms with Crippen LogP contribution >= 0.6 is 11.6 Å². The van der Waals surface area contributed by atoms with Gasteiger partial charge in [-0.05, 0) is 31.0 Å². The van der Waals surface area contributed by atoms with Crippen LogP contribution in [-0.4, -0.2) is 22.8 Å². The first-order valence-electron chi connectivity index (χ1n) is 6.02. The van der Waals surface area contributed by atoms with Crippen molar-refractivity contribution in [2.45, 2.75) is 19.4 Å². The van der Waals surface area contributed by atoms with Gasteiger partial charge in [0.15, 0.2) is 0 Å². The highest BCUT2D eigenvalue weighted by molar-refractivity contribution is 6.32. The van der Waals surface area contributed by atoms with Gasteiger partial charge in [-0.2, -0.15) is 0 Å². The minimum atomic E-state index is 0.0912. The summed E-state index contributed by atoms with van der Waals surface area (Å²) >= 11 is 6.09. The van der Waals surface area contributed by atoms with Gasteiger partial charge in [0, 0.05) is 17.5 Å². The molecule has 1 fully saturated rings. The Morgan fingerprint density at radius 1 is 1.50 bits per heavy atom. The molecule has 0 saturated carbocycles. The van der Waals surface area contributed by atoms with Crippen molar-refractivity contribution in [1.82, 2.24) is 15.3 Å². The standard InChI is InChI=1S/C13H14ClN3O/c1-7-2-10-11(4-9(7)14)17-13(16-10)12-3-8(6-18)5-15-12/h2,4,6,8,12,15H,3,5H2,1H3,(H,16,17). The number of aldehydes is 1. The lowest BCUT2D eigenvalue weighted by molar-refractivity contribution is -0.110. The summed E-state index contributed by atoms with van der Waals surface area (Å²) in [6.07, 6.45) is 1.81. The zero-order valence-corrected chi connectivity index (χ0v) is 10.8. The number of hydrogen-bond acceptors (Lipinski definition) is 3. The number of benzene rings is 1. The SMILES string of the molecule is Cc1cc2[nH]c(C3CC(C=O)CN3)nc2cc1Cl. The van der Waals surface area contributed by atoms with Gasteiger partial charge >= 0.3 is 0 Å². The summed E-state index contributed by atoms with van der Waals surface area (Å²) in [6.45, 7) is 2.70. The van der Waals surface area contributed by atoms with E-state index in [4.69, 9.17) is 11.6 Å². The van der Waals surface area contributed by atoms with Gasteiger partial charge in [-0.15, -0.1) is 0 Å². The Morgan fingerprint density at radius 2 is 2.33 bits per heavy atom. The number of fused-ring (bicyclic) bond motifs is 1. The van der Waals surface area contributed by atoms with E-state index in [1.54, 1.807) is 0 Å². The molecule has 3 rings (SSSR count). The van der Waals surface area contributed by atoms with Gasteiger partial charge in [-0.1, -0.05) is 11.6 Å². The largest absolute Gasteiger partial charge is 0.341 e. The minimum absolute atomic E-state index is 0.0912. The van der Waals surface area contributed by atoms with Crippen LogP contribution in [0.25, 0.3) is 11.0 Å². The van der Waals surface area contributed by atoms with Crippen LogP contribution in [0.4, 0.5) is 0 Å². The van der Waals surface area contributed by atoms with Gasteiger partial charge < -0.3 is 15.1 Å². The molecule has 0 amide bonds. The highest BCUT2D eigenvalue weighted by atomic mass is 35.5. The van der Waals surface area contributed by atoms with Crippen LogP contribution in [0.1, 0.15) is 23.9 Å². The second-order valence-corrected chi connectivity index (χ2v) is 5.24. The first-order valence-corrected chi connectivity index (χ1v) is 6.39. The fourth-order valence-corrected chi connectivity index (χ4v) is 2.56. The summed E-state index contributed by atoms with van der Waals surface area (Å²) in [6, 6.07) is 4.00. The number of hydrogen-bond donors (Lipinski definition) is 2. The molecule has 1 saturated heterocycles. The number of aromatic amines is 1. The Hall–Kier alpha value is -1.39. The molecule has 0 aliphatic carbocycles. The number of carbonyl (C=O) groups excluding carboxylic acids is 1. The van der Waals surface area contributed by atoms with E-state index in [2.05, 4.69) is 15.3 Å². The highest BCUT2D eigenvalue weighted by Crippen LogP contribution is 2.28. The fourth-order valence-electron chi connectivity index (χ4n) is 2.40. The van der Waals surface area contributed by atoms with Crippen molar-refractivity contribution in [1.29, 1.82) is 0 Å². The lowest BCUT2D eigenvalue weighted by atomic mass is 10.1. The zero-order valence-electron chi connectivity index (χ0n) is 10.0. The molecule has 94 valence electrons. The van der Waals surface area contributed by atoms with Crippen molar-refractivity contribution in [3.8, 4) is 0 Å². The Balaban J connectivity index is 1.96. The minimum Gasteiger partial charge on any atom is -0.341 e. The number of rotatable bonds is 2. The zero-order chi connectivity index (χ0) is 12.7. The summed E-state index contributed by atoms with van der Waals surface area (Å²) in [5.74, 6) is 0.976. The van der Waals surface area contributed by atoms with Crippen LogP contribution in [0.5, 0.6) is 0 Å². The molecule has 1 aliphatic heterocycles. The van der Waals surface area contributed by atoms with Crippen LogP contribution in [0.15, 0.2) is 12.1 Å². The fraction of sp³-hybridized carbons (Fsp3) is 0.385. The van der Waals surface area contributed by atoms with E-state index < -0.39 is 0 Å². The molecule has 2 atom stereocenters. The van der Waals surface area contributed by atoms with Crippen molar-refractivity contribution < 1.29 is 4.79 Å². The molecule has 5 heteroatoms. The molecular formula is C13H14ClN3O. The normalized spacial score (nSPS) is 23.7. The van der Waals surface area contributed by atoms with Gasteiger partial charge in [0.25, 0.3) is 0 Å². The molecule has 2 N–H and O–H groups in total. The summed E-state index contributed by atoms with van der Waals surface area (Å²) in [7, 11) is 0. The molecule has 2 aromatic rings. The van der Waals surface area contributed by atoms with Gasteiger partial charge in [0.1, 0.15) is 12.1 Å². The summed E-state index contributed by atoms with van der Waals surface area (Å²) < 4.78 is 0. The van der Waals surface area contributed by atoms with Crippen LogP contribution in [0.2, 0.25) is 5.02 Å². The topological polar surface area (TPSA) is 57.8 Å². The molecule has 1 aliphatic rings. The van der Waals surface area contributed by atoms with Crippen molar-refractivity contribution in [3.63, 3.8) is 0 Å². The molecule has 18 heavy (non-hydrogen) atoms. The predicted octanol–water partition coefficient (Wildman–Crippen LogP) is 2.37. The average molecular weight is 264 g/mol. The maximum absolute atomic E-state index is 10.8. The maximum atomic E-state index is 10.8. The number of nitrogens with one attached hydrogen (secondary N) is 2. The number of aromatic nitrogens is 2. The monoisotopic (exact) mass is 263 g/mol. The van der Waals surface area contributed by atoms with Gasteiger partial charge in [-0.3, -0.25) is 0 Å². The molecule has 1 aromatic carbocycles. The number of H-pyrrole nitrogens is 1. The van der Waals surface area contributed by atoms with Crippen LogP contribution in [-0.2, 0) is 4.79 Å². The summed E-state index contributed by atoms with van der Waals surface area (Å²) in [5, 5.41) is 4.03. The van der Waals surface area contributed by atoms with Gasteiger partial charge in [-0.25, -0.2) is 4.98 Å². The van der Waals surface area contributed by atoms with E-state index in [-0.39, 0.29) is 12.0 Å². The van der Waals surface area contributed by atoms with Crippen molar-refractivity contribution in [2.75, 3.05) is 6.54 Å². The number of carbonyl (C=O) groups is 1. The van der Waals surface area contributed by atoms with Gasteiger partial charge in [0.2, 0.25) is 0 Å². The molecular weight excluding hydrogens is 250 g/mol. The van der Waals surface area contributed by atoms with E-state index in [1.807, 2.05) is 19.1 Å². The first kappa shape index (κ1) is 11.7. The molecule has 0 bridgehead atoms. The smallest absolute Gasteiger partial charge is 0.124 e. The number of halogens is 1. The lowest BCUT2D eigenvalue weighted by Crippen LogP contribution is -2.14. The lowest BCUT2D eigenvalue weighted by Gasteiger charge is -2.04. The van der Waals surface area contributed by atoms with Crippen LogP contribution in [0, 0.1) is 12.8 Å². The molecule has 1 aromatic heterocycles. The molecule has 2 unspecified atom stereocenters. The predicted molar refractivity (Wildman–Crippen MR) is 70.8 cm³/mol. The van der Waals surface area contributed by atoms with Gasteiger partial charge in [0.05, 0.1) is 17.1 Å². The molecule has 0 radical (unpaired) electrons. The third kappa shape index (κ3) is 1.91. The van der Waals surface area contributed by atoms with Crippen molar-refractivity contribution in [2.24, 2.45) is 5.92 Å². The van der Waals surface area contributed by atoms with E-state index in [1.165, 1.54) is 0 Å². The van der Waals surface area contributed by atoms with Crippen LogP contribution < -0.4 is 5.32 Å². The summed E-state index contributed by atoms with van der Waals surface area (Å²) in [4.78, 5) is 18.6. The molecule has 4 nitrogen and oxygen atoms in total. The molecule has 0 spiro atoms. The number of imidazole rings is 1. The first-order chi connectivity index (χ1) is 8.67. The average Bonchev–Trinajstić information content (AvgIpc) is 2.95. The van der Waals surface area contributed by atoms with E-state index in [0.29, 0.717) is 0 Å². The Bertz CT molecular complexity index is 569. The van der Waals surface area contributed by atoms with E-state index in [0.717, 1.165) is 46.7 Å².